The molecule has 1 saturated heterocycles. The average molecular weight is 258 g/mol. The van der Waals surface area contributed by atoms with Crippen LogP contribution in [0.3, 0.4) is 0 Å². The molecule has 2 unspecified atom stereocenters. The molecule has 0 spiro atoms. The summed E-state index contributed by atoms with van der Waals surface area (Å²) in [5, 5.41) is 2.90. The van der Waals surface area contributed by atoms with Gasteiger partial charge in [0.2, 0.25) is 5.91 Å². The van der Waals surface area contributed by atoms with Gasteiger partial charge in [-0.3, -0.25) is 4.79 Å². The monoisotopic (exact) mass is 258 g/mol. The highest BCUT2D eigenvalue weighted by atomic mass is 16.6. The van der Waals surface area contributed by atoms with Crippen LogP contribution in [0.15, 0.2) is 0 Å². The van der Waals surface area contributed by atoms with Crippen molar-refractivity contribution in [3.05, 3.63) is 0 Å². The summed E-state index contributed by atoms with van der Waals surface area (Å²) in [7, 11) is 0. The largest absolute Gasteiger partial charge is 0.378 e. The van der Waals surface area contributed by atoms with Gasteiger partial charge < -0.3 is 20.5 Å². The number of carbonyl (C=O) groups excluding carboxylic acids is 1. The zero-order valence-electron chi connectivity index (χ0n) is 11.9. The van der Waals surface area contributed by atoms with Crippen LogP contribution in [0.4, 0.5) is 0 Å². The van der Waals surface area contributed by atoms with Crippen molar-refractivity contribution < 1.29 is 14.3 Å². The molecule has 106 valence electrons. The molecular formula is C13H26N2O3. The molecule has 1 aliphatic rings. The van der Waals surface area contributed by atoms with Crippen LogP contribution < -0.4 is 11.1 Å². The summed E-state index contributed by atoms with van der Waals surface area (Å²) in [6, 6.07) is 0. The fourth-order valence-electron chi connectivity index (χ4n) is 2.03. The van der Waals surface area contributed by atoms with Crippen molar-refractivity contribution in [2.24, 2.45) is 5.73 Å². The van der Waals surface area contributed by atoms with Crippen LogP contribution in [-0.2, 0) is 14.3 Å². The molecule has 0 aromatic heterocycles. The van der Waals surface area contributed by atoms with E-state index in [1.165, 1.54) is 0 Å². The van der Waals surface area contributed by atoms with E-state index in [1.807, 2.05) is 20.8 Å². The van der Waals surface area contributed by atoms with E-state index in [1.54, 1.807) is 6.92 Å². The smallest absolute Gasteiger partial charge is 0.249 e. The minimum absolute atomic E-state index is 0.110. The lowest BCUT2D eigenvalue weighted by molar-refractivity contribution is -0.166. The molecule has 2 atom stereocenters. The number of nitrogens with one attached hydrogen (secondary N) is 1. The Hall–Kier alpha value is -0.650. The molecule has 1 fully saturated rings. The first-order valence-corrected chi connectivity index (χ1v) is 6.56. The molecule has 0 aromatic carbocycles. The van der Waals surface area contributed by atoms with Crippen molar-refractivity contribution in [1.29, 1.82) is 0 Å². The first-order chi connectivity index (χ1) is 8.28. The summed E-state index contributed by atoms with van der Waals surface area (Å²) >= 11 is 0. The molecule has 0 bridgehead atoms. The maximum atomic E-state index is 12.0. The van der Waals surface area contributed by atoms with Crippen molar-refractivity contribution >= 4 is 5.91 Å². The summed E-state index contributed by atoms with van der Waals surface area (Å²) in [5.41, 5.74) is 5.01. The second-order valence-corrected chi connectivity index (χ2v) is 6.04. The van der Waals surface area contributed by atoms with E-state index in [0.29, 0.717) is 13.2 Å². The van der Waals surface area contributed by atoms with Crippen LogP contribution in [0.2, 0.25) is 0 Å². The van der Waals surface area contributed by atoms with E-state index in [9.17, 15) is 4.79 Å². The number of hydrogen-bond acceptors (Lipinski definition) is 4. The van der Waals surface area contributed by atoms with Crippen molar-refractivity contribution in [2.75, 3.05) is 19.8 Å². The summed E-state index contributed by atoms with van der Waals surface area (Å²) in [4.78, 5) is 12.0. The van der Waals surface area contributed by atoms with Gasteiger partial charge in [-0.05, 0) is 40.5 Å². The number of amides is 1. The van der Waals surface area contributed by atoms with E-state index in [-0.39, 0.29) is 11.4 Å². The van der Waals surface area contributed by atoms with Crippen LogP contribution in [0.25, 0.3) is 0 Å². The third-order valence-electron chi connectivity index (χ3n) is 2.95. The Kier molecular flexibility index (Phi) is 5.13. The molecule has 3 N–H and O–H groups in total. The number of rotatable bonds is 4. The summed E-state index contributed by atoms with van der Waals surface area (Å²) in [6.07, 6.45) is 1.25. The van der Waals surface area contributed by atoms with Gasteiger partial charge in [0.05, 0.1) is 6.61 Å². The third kappa shape index (κ3) is 4.55. The summed E-state index contributed by atoms with van der Waals surface area (Å²) < 4.78 is 11.3. The molecule has 1 rings (SSSR count). The van der Waals surface area contributed by atoms with Gasteiger partial charge in [-0.15, -0.1) is 0 Å². The van der Waals surface area contributed by atoms with Gasteiger partial charge in [0.1, 0.15) is 11.7 Å². The predicted molar refractivity (Wildman–Crippen MR) is 70.3 cm³/mol. The van der Waals surface area contributed by atoms with Gasteiger partial charge in [0.15, 0.2) is 0 Å². The SMILES string of the molecule is CC(OC1(CN)CCCOC1)C(=O)NC(C)(C)C. The maximum Gasteiger partial charge on any atom is 0.249 e. The van der Waals surface area contributed by atoms with Gasteiger partial charge in [-0.2, -0.15) is 0 Å². The molecule has 1 aliphatic heterocycles. The van der Waals surface area contributed by atoms with Crippen LogP contribution in [-0.4, -0.2) is 42.9 Å². The maximum absolute atomic E-state index is 12.0. The first kappa shape index (κ1) is 15.4. The van der Waals surface area contributed by atoms with Gasteiger partial charge in [0.25, 0.3) is 0 Å². The summed E-state index contributed by atoms with van der Waals surface area (Å²) in [5.74, 6) is -0.110. The Balaban J connectivity index is 2.56. The van der Waals surface area contributed by atoms with Gasteiger partial charge in [0, 0.05) is 18.7 Å². The van der Waals surface area contributed by atoms with E-state index < -0.39 is 11.7 Å². The second kappa shape index (κ2) is 5.99. The average Bonchev–Trinajstić information content (AvgIpc) is 2.28. The van der Waals surface area contributed by atoms with E-state index in [2.05, 4.69) is 5.32 Å². The van der Waals surface area contributed by atoms with Crippen LogP contribution in [0, 0.1) is 0 Å². The standard InChI is InChI=1S/C13H26N2O3/c1-10(11(16)15-12(2,3)4)18-13(8-14)6-5-7-17-9-13/h10H,5-9,14H2,1-4H3,(H,15,16). The molecule has 5 heteroatoms. The van der Waals surface area contributed by atoms with E-state index in [4.69, 9.17) is 15.2 Å². The van der Waals surface area contributed by atoms with Crippen molar-refractivity contribution in [3.8, 4) is 0 Å². The lowest BCUT2D eigenvalue weighted by Crippen LogP contribution is -2.53. The third-order valence-corrected chi connectivity index (χ3v) is 2.95. The Labute approximate surface area is 109 Å². The number of ether oxygens (including phenoxy) is 2. The minimum atomic E-state index is -0.519. The van der Waals surface area contributed by atoms with Crippen molar-refractivity contribution in [3.63, 3.8) is 0 Å². The van der Waals surface area contributed by atoms with Crippen molar-refractivity contribution in [1.82, 2.24) is 5.32 Å². The molecule has 1 amide bonds. The first-order valence-electron chi connectivity index (χ1n) is 6.56. The number of nitrogens with two attached hydrogens (primary N) is 1. The van der Waals surface area contributed by atoms with Gasteiger partial charge in [-0.25, -0.2) is 0 Å². The molecule has 0 radical (unpaired) electrons. The molecule has 0 aromatic rings. The number of hydrogen-bond donors (Lipinski definition) is 2. The highest BCUT2D eigenvalue weighted by Gasteiger charge is 2.36. The van der Waals surface area contributed by atoms with Gasteiger partial charge in [-0.1, -0.05) is 0 Å². The molecule has 0 aliphatic carbocycles. The lowest BCUT2D eigenvalue weighted by atomic mass is 9.96. The Morgan fingerprint density at radius 3 is 2.67 bits per heavy atom. The predicted octanol–water partition coefficient (Wildman–Crippen LogP) is 0.814. The zero-order valence-corrected chi connectivity index (χ0v) is 11.9. The fourth-order valence-corrected chi connectivity index (χ4v) is 2.03. The molecule has 18 heavy (non-hydrogen) atoms. The van der Waals surface area contributed by atoms with E-state index >= 15 is 0 Å². The quantitative estimate of drug-likeness (QED) is 0.783. The minimum Gasteiger partial charge on any atom is -0.378 e. The molecule has 0 saturated carbocycles. The normalized spacial score (nSPS) is 26.7. The Morgan fingerprint density at radius 2 is 2.22 bits per heavy atom. The van der Waals surface area contributed by atoms with Crippen LogP contribution in [0.1, 0.15) is 40.5 Å². The van der Waals surface area contributed by atoms with E-state index in [0.717, 1.165) is 19.4 Å². The molecular weight excluding hydrogens is 232 g/mol. The highest BCUT2D eigenvalue weighted by molar-refractivity contribution is 5.81. The topological polar surface area (TPSA) is 73.6 Å². The molecule has 1 heterocycles. The molecule has 5 nitrogen and oxygen atoms in total. The highest BCUT2D eigenvalue weighted by Crippen LogP contribution is 2.24. The zero-order chi connectivity index (χ0) is 13.8. The van der Waals surface area contributed by atoms with Gasteiger partial charge >= 0.3 is 0 Å². The Morgan fingerprint density at radius 1 is 1.56 bits per heavy atom. The Bertz CT molecular complexity index is 280. The van der Waals surface area contributed by atoms with Crippen LogP contribution in [0.5, 0.6) is 0 Å². The summed E-state index contributed by atoms with van der Waals surface area (Å²) in [6.45, 7) is 9.18. The lowest BCUT2D eigenvalue weighted by Gasteiger charge is -2.38. The second-order valence-electron chi connectivity index (χ2n) is 6.04. The van der Waals surface area contributed by atoms with Crippen molar-refractivity contribution in [2.45, 2.75) is 57.8 Å². The fraction of sp³-hybridized carbons (Fsp3) is 0.923. The van der Waals surface area contributed by atoms with Crippen LogP contribution >= 0.6 is 0 Å². The number of carbonyl (C=O) groups is 1.